The third-order valence-corrected chi connectivity index (χ3v) is 5.04. The fraction of sp³-hybridized carbons (Fsp3) is 0.0952. The van der Waals surface area contributed by atoms with Gasteiger partial charge in [-0.1, -0.05) is 29.8 Å². The van der Waals surface area contributed by atoms with Crippen molar-refractivity contribution in [1.82, 2.24) is 4.57 Å². The van der Waals surface area contributed by atoms with E-state index in [2.05, 4.69) is 52.5 Å². The van der Waals surface area contributed by atoms with Crippen molar-refractivity contribution in [2.24, 2.45) is 0 Å². The quantitative estimate of drug-likeness (QED) is 0.391. The number of benzene rings is 3. The maximum Gasteiger partial charge on any atom is 0.175 e. The van der Waals surface area contributed by atoms with Crippen LogP contribution in [0.3, 0.4) is 0 Å². The van der Waals surface area contributed by atoms with Crippen LogP contribution in [-0.2, 0) is 6.54 Å². The van der Waals surface area contributed by atoms with Gasteiger partial charge in [0.15, 0.2) is 5.11 Å². The summed E-state index contributed by atoms with van der Waals surface area (Å²) < 4.78 is 15.5. The SMILES string of the molecule is CCn1c2ccccc2c2cc(NC(=S)Nc3ccc(F)cc3Cl)ccc21. The average molecular weight is 398 g/mol. The van der Waals surface area contributed by atoms with Gasteiger partial charge in [0.05, 0.1) is 10.7 Å². The molecular formula is C21H17ClFN3S. The van der Waals surface area contributed by atoms with Gasteiger partial charge in [0.1, 0.15) is 5.82 Å². The van der Waals surface area contributed by atoms with E-state index in [1.807, 2.05) is 12.1 Å². The normalized spacial score (nSPS) is 11.1. The summed E-state index contributed by atoms with van der Waals surface area (Å²) in [5.74, 6) is -0.387. The monoisotopic (exact) mass is 397 g/mol. The van der Waals surface area contributed by atoms with Crippen LogP contribution in [0.2, 0.25) is 5.02 Å². The lowest BCUT2D eigenvalue weighted by atomic mass is 10.1. The largest absolute Gasteiger partial charge is 0.341 e. The van der Waals surface area contributed by atoms with E-state index < -0.39 is 0 Å². The molecule has 4 rings (SSSR count). The first-order valence-corrected chi connectivity index (χ1v) is 9.39. The molecule has 0 saturated heterocycles. The van der Waals surface area contributed by atoms with E-state index in [0.29, 0.717) is 10.8 Å². The predicted molar refractivity (Wildman–Crippen MR) is 116 cm³/mol. The highest BCUT2D eigenvalue weighted by Gasteiger charge is 2.10. The summed E-state index contributed by atoms with van der Waals surface area (Å²) in [5.41, 5.74) is 3.83. The molecule has 0 unspecified atom stereocenters. The molecule has 0 amide bonds. The predicted octanol–water partition coefficient (Wildman–Crippen LogP) is 6.42. The standard InChI is InChI=1S/C21H17ClFN3S/c1-2-26-19-6-4-3-5-15(19)16-12-14(8-10-20(16)26)24-21(27)25-18-9-7-13(23)11-17(18)22/h3-12H,2H2,1H3,(H2,24,25,27). The van der Waals surface area contributed by atoms with Crippen LogP contribution in [-0.4, -0.2) is 9.68 Å². The van der Waals surface area contributed by atoms with Crippen LogP contribution in [0, 0.1) is 5.82 Å². The number of fused-ring (bicyclic) bond motifs is 3. The summed E-state index contributed by atoms with van der Waals surface area (Å²) in [5, 5.41) is 9.22. The Morgan fingerprint density at radius 2 is 1.78 bits per heavy atom. The van der Waals surface area contributed by atoms with E-state index in [1.165, 1.54) is 33.9 Å². The molecule has 4 aromatic rings. The maximum atomic E-state index is 13.2. The zero-order chi connectivity index (χ0) is 19.0. The van der Waals surface area contributed by atoms with Gasteiger partial charge in [-0.3, -0.25) is 0 Å². The first-order chi connectivity index (χ1) is 13.1. The lowest BCUT2D eigenvalue weighted by Gasteiger charge is -2.12. The smallest absolute Gasteiger partial charge is 0.175 e. The number of anilines is 2. The Balaban J connectivity index is 1.64. The van der Waals surface area contributed by atoms with Crippen molar-refractivity contribution in [3.05, 3.63) is 71.5 Å². The molecule has 3 nitrogen and oxygen atoms in total. The Kier molecular flexibility index (Phi) is 4.72. The fourth-order valence-electron chi connectivity index (χ4n) is 3.35. The van der Waals surface area contributed by atoms with Crippen molar-refractivity contribution in [3.63, 3.8) is 0 Å². The summed E-state index contributed by atoms with van der Waals surface area (Å²) >= 11 is 11.4. The summed E-state index contributed by atoms with van der Waals surface area (Å²) in [6.45, 7) is 3.04. The van der Waals surface area contributed by atoms with Crippen LogP contribution in [0.15, 0.2) is 60.7 Å². The van der Waals surface area contributed by atoms with Gasteiger partial charge < -0.3 is 15.2 Å². The number of aromatic nitrogens is 1. The van der Waals surface area contributed by atoms with Crippen LogP contribution >= 0.6 is 23.8 Å². The first-order valence-electron chi connectivity index (χ1n) is 8.61. The Hall–Kier alpha value is -2.63. The maximum absolute atomic E-state index is 13.2. The van der Waals surface area contributed by atoms with E-state index in [-0.39, 0.29) is 10.8 Å². The summed E-state index contributed by atoms with van der Waals surface area (Å²) in [6.07, 6.45) is 0. The molecule has 3 aromatic carbocycles. The van der Waals surface area contributed by atoms with Crippen molar-refractivity contribution in [2.45, 2.75) is 13.5 Å². The number of hydrogen-bond donors (Lipinski definition) is 2. The van der Waals surface area contributed by atoms with Gasteiger partial charge in [-0.05, 0) is 61.6 Å². The third-order valence-electron chi connectivity index (χ3n) is 4.53. The molecule has 0 spiro atoms. The second-order valence-corrected chi connectivity index (χ2v) is 7.01. The average Bonchev–Trinajstić information content (AvgIpc) is 2.97. The van der Waals surface area contributed by atoms with Crippen molar-refractivity contribution >= 4 is 62.1 Å². The zero-order valence-corrected chi connectivity index (χ0v) is 16.2. The molecule has 1 aromatic heterocycles. The van der Waals surface area contributed by atoms with Gasteiger partial charge in [-0.2, -0.15) is 0 Å². The molecule has 0 fully saturated rings. The van der Waals surface area contributed by atoms with Crippen LogP contribution in [0.25, 0.3) is 21.8 Å². The minimum Gasteiger partial charge on any atom is -0.341 e. The summed E-state index contributed by atoms with van der Waals surface area (Å²) in [7, 11) is 0. The van der Waals surface area contributed by atoms with Gasteiger partial charge in [-0.15, -0.1) is 0 Å². The number of nitrogens with zero attached hydrogens (tertiary/aromatic N) is 1. The van der Waals surface area contributed by atoms with Gasteiger partial charge in [-0.25, -0.2) is 4.39 Å². The minimum atomic E-state index is -0.387. The highest BCUT2D eigenvalue weighted by Crippen LogP contribution is 2.31. The van der Waals surface area contributed by atoms with Crippen molar-refractivity contribution in [1.29, 1.82) is 0 Å². The zero-order valence-electron chi connectivity index (χ0n) is 14.6. The van der Waals surface area contributed by atoms with Crippen LogP contribution < -0.4 is 10.6 Å². The van der Waals surface area contributed by atoms with Crippen molar-refractivity contribution in [3.8, 4) is 0 Å². The number of aryl methyl sites for hydroxylation is 1. The molecule has 6 heteroatoms. The van der Waals surface area contributed by atoms with Gasteiger partial charge >= 0.3 is 0 Å². The molecular weight excluding hydrogens is 381 g/mol. The molecule has 0 atom stereocenters. The fourth-order valence-corrected chi connectivity index (χ4v) is 3.79. The molecule has 1 heterocycles. The second kappa shape index (κ2) is 7.18. The molecule has 2 N–H and O–H groups in total. The van der Waals surface area contributed by atoms with E-state index >= 15 is 0 Å². The molecule has 0 bridgehead atoms. The molecule has 0 aliphatic rings. The lowest BCUT2D eigenvalue weighted by molar-refractivity contribution is 0.628. The number of halogens is 2. The van der Waals surface area contributed by atoms with E-state index in [0.717, 1.165) is 12.2 Å². The molecule has 136 valence electrons. The minimum absolute atomic E-state index is 0.278. The van der Waals surface area contributed by atoms with Gasteiger partial charge in [0.25, 0.3) is 0 Å². The lowest BCUT2D eigenvalue weighted by Crippen LogP contribution is -2.19. The molecule has 0 saturated carbocycles. The summed E-state index contributed by atoms with van der Waals surface area (Å²) in [6, 6.07) is 18.7. The van der Waals surface area contributed by atoms with Gasteiger partial charge in [0.2, 0.25) is 0 Å². The van der Waals surface area contributed by atoms with Crippen molar-refractivity contribution in [2.75, 3.05) is 10.6 Å². The first kappa shape index (κ1) is 17.8. The van der Waals surface area contributed by atoms with Crippen molar-refractivity contribution < 1.29 is 4.39 Å². The molecule has 0 aliphatic carbocycles. The molecule has 0 aliphatic heterocycles. The van der Waals surface area contributed by atoms with E-state index in [9.17, 15) is 4.39 Å². The number of nitrogens with one attached hydrogen (secondary N) is 2. The Labute approximate surface area is 166 Å². The summed E-state index contributed by atoms with van der Waals surface area (Å²) in [4.78, 5) is 0. The number of thiocarbonyl (C=S) groups is 1. The van der Waals surface area contributed by atoms with E-state index in [4.69, 9.17) is 23.8 Å². The van der Waals surface area contributed by atoms with Gasteiger partial charge in [0, 0.05) is 34.0 Å². The Morgan fingerprint density at radius 3 is 2.56 bits per heavy atom. The van der Waals surface area contributed by atoms with Crippen LogP contribution in [0.1, 0.15) is 6.92 Å². The highest BCUT2D eigenvalue weighted by molar-refractivity contribution is 7.80. The second-order valence-electron chi connectivity index (χ2n) is 6.20. The van der Waals surface area contributed by atoms with Crippen LogP contribution in [0.5, 0.6) is 0 Å². The number of rotatable bonds is 3. The Morgan fingerprint density at radius 1 is 1.00 bits per heavy atom. The number of hydrogen-bond acceptors (Lipinski definition) is 1. The molecule has 27 heavy (non-hydrogen) atoms. The molecule has 0 radical (unpaired) electrons. The highest BCUT2D eigenvalue weighted by atomic mass is 35.5. The number of para-hydroxylation sites is 1. The third kappa shape index (κ3) is 3.36. The topological polar surface area (TPSA) is 29.0 Å². The van der Waals surface area contributed by atoms with E-state index in [1.54, 1.807) is 6.07 Å². The van der Waals surface area contributed by atoms with Crippen LogP contribution in [0.4, 0.5) is 15.8 Å². The Bertz CT molecular complexity index is 1170.